The summed E-state index contributed by atoms with van der Waals surface area (Å²) in [6, 6.07) is 9.67. The molecule has 0 aliphatic carbocycles. The van der Waals surface area contributed by atoms with Gasteiger partial charge in [0.15, 0.2) is 5.76 Å². The molecule has 0 aliphatic rings. The lowest BCUT2D eigenvalue weighted by Gasteiger charge is -2.14. The summed E-state index contributed by atoms with van der Waals surface area (Å²) in [6.07, 6.45) is -3.15. The number of methoxy groups -OCH3 is 1. The van der Waals surface area contributed by atoms with Crippen molar-refractivity contribution in [3.63, 3.8) is 0 Å². The summed E-state index contributed by atoms with van der Waals surface area (Å²) >= 11 is 0. The van der Waals surface area contributed by atoms with Gasteiger partial charge in [-0.1, -0.05) is 11.2 Å². The Kier molecular flexibility index (Phi) is 4.83. The van der Waals surface area contributed by atoms with Crippen LogP contribution in [0.4, 0.5) is 18.9 Å². The maximum atomic E-state index is 12.8. The third-order valence-electron chi connectivity index (χ3n) is 3.62. The first-order valence-electron chi connectivity index (χ1n) is 7.50. The van der Waals surface area contributed by atoms with E-state index in [0.29, 0.717) is 17.4 Å². The molecule has 2 aromatic carbocycles. The highest BCUT2D eigenvalue weighted by Gasteiger charge is 2.31. The fourth-order valence-corrected chi connectivity index (χ4v) is 3.58. The topological polar surface area (TPSA) is 81.4 Å². The molecule has 0 radical (unpaired) electrons. The Labute approximate surface area is 152 Å². The number of ether oxygens (including phenoxy) is 1. The molecule has 1 aromatic heterocycles. The Balaban J connectivity index is 1.95. The number of rotatable bonds is 5. The molecular formula is C17H13F3N2O4S. The number of alkyl halides is 3. The Hall–Kier alpha value is -3.01. The second-order valence-corrected chi connectivity index (χ2v) is 7.08. The lowest BCUT2D eigenvalue weighted by atomic mass is 10.1. The van der Waals surface area contributed by atoms with E-state index in [1.165, 1.54) is 37.6 Å². The van der Waals surface area contributed by atoms with E-state index in [-0.39, 0.29) is 16.3 Å². The molecule has 0 bridgehead atoms. The zero-order valence-electron chi connectivity index (χ0n) is 13.8. The summed E-state index contributed by atoms with van der Waals surface area (Å²) in [5.41, 5.74) is -0.649. The van der Waals surface area contributed by atoms with Crippen LogP contribution in [-0.4, -0.2) is 20.7 Å². The molecule has 0 fully saturated rings. The smallest absolute Gasteiger partial charge is 0.416 e. The third-order valence-corrected chi connectivity index (χ3v) is 5.04. The predicted molar refractivity (Wildman–Crippen MR) is 90.7 cm³/mol. The van der Waals surface area contributed by atoms with Crippen LogP contribution in [0, 0.1) is 0 Å². The first kappa shape index (κ1) is 18.8. The average molecular weight is 398 g/mol. The van der Waals surface area contributed by atoms with Crippen LogP contribution in [0.5, 0.6) is 5.75 Å². The van der Waals surface area contributed by atoms with Gasteiger partial charge >= 0.3 is 6.18 Å². The van der Waals surface area contributed by atoms with Crippen molar-refractivity contribution in [2.45, 2.75) is 11.1 Å². The highest BCUT2D eigenvalue weighted by Crippen LogP contribution is 2.33. The van der Waals surface area contributed by atoms with Crippen LogP contribution >= 0.6 is 0 Å². The minimum atomic E-state index is -4.59. The minimum Gasteiger partial charge on any atom is -0.495 e. The molecule has 0 atom stereocenters. The molecule has 1 heterocycles. The molecular weight excluding hydrogens is 385 g/mol. The van der Waals surface area contributed by atoms with Crippen LogP contribution in [0.3, 0.4) is 0 Å². The van der Waals surface area contributed by atoms with Crippen LogP contribution < -0.4 is 9.46 Å². The van der Waals surface area contributed by atoms with Crippen molar-refractivity contribution in [1.29, 1.82) is 0 Å². The SMILES string of the molecule is COc1cc(-c2ccno2)ccc1S(=O)(=O)Nc1cccc(C(F)(F)F)c1. The maximum Gasteiger partial charge on any atom is 0.416 e. The minimum absolute atomic E-state index is 0.00313. The van der Waals surface area contributed by atoms with E-state index in [4.69, 9.17) is 9.26 Å². The van der Waals surface area contributed by atoms with Gasteiger partial charge in [0, 0.05) is 17.3 Å². The molecule has 1 N–H and O–H groups in total. The van der Waals surface area contributed by atoms with Crippen LogP contribution in [-0.2, 0) is 16.2 Å². The third kappa shape index (κ3) is 4.05. The van der Waals surface area contributed by atoms with Crippen molar-refractivity contribution in [3.05, 3.63) is 60.3 Å². The molecule has 0 spiro atoms. The van der Waals surface area contributed by atoms with Crippen molar-refractivity contribution in [2.24, 2.45) is 0 Å². The maximum absolute atomic E-state index is 12.8. The Morgan fingerprint density at radius 2 is 1.89 bits per heavy atom. The molecule has 10 heteroatoms. The Morgan fingerprint density at radius 1 is 1.11 bits per heavy atom. The van der Waals surface area contributed by atoms with E-state index in [2.05, 4.69) is 9.88 Å². The van der Waals surface area contributed by atoms with Crippen molar-refractivity contribution in [3.8, 4) is 17.1 Å². The Bertz CT molecular complexity index is 1050. The van der Waals surface area contributed by atoms with Crippen LogP contribution in [0.2, 0.25) is 0 Å². The monoisotopic (exact) mass is 398 g/mol. The fourth-order valence-electron chi connectivity index (χ4n) is 2.38. The van der Waals surface area contributed by atoms with E-state index >= 15 is 0 Å². The van der Waals surface area contributed by atoms with Crippen molar-refractivity contribution in [2.75, 3.05) is 11.8 Å². The van der Waals surface area contributed by atoms with Crippen LogP contribution in [0.25, 0.3) is 11.3 Å². The summed E-state index contributed by atoms with van der Waals surface area (Å²) in [5, 5.41) is 3.57. The first-order chi connectivity index (χ1) is 12.7. The summed E-state index contributed by atoms with van der Waals surface area (Å²) < 4.78 is 76.0. The normalized spacial score (nSPS) is 12.0. The molecule has 27 heavy (non-hydrogen) atoms. The molecule has 3 rings (SSSR count). The largest absolute Gasteiger partial charge is 0.495 e. The number of aromatic nitrogens is 1. The van der Waals surface area contributed by atoms with Gasteiger partial charge in [0.1, 0.15) is 10.6 Å². The Morgan fingerprint density at radius 3 is 2.52 bits per heavy atom. The number of anilines is 1. The zero-order chi connectivity index (χ0) is 19.7. The molecule has 0 saturated heterocycles. The van der Waals surface area contributed by atoms with Gasteiger partial charge < -0.3 is 9.26 Å². The number of nitrogens with one attached hydrogen (secondary N) is 1. The van der Waals surface area contributed by atoms with Gasteiger partial charge in [0.25, 0.3) is 10.0 Å². The summed E-state index contributed by atoms with van der Waals surface area (Å²) in [4.78, 5) is -0.231. The van der Waals surface area contributed by atoms with Gasteiger partial charge in [-0.3, -0.25) is 4.72 Å². The van der Waals surface area contributed by atoms with Crippen molar-refractivity contribution in [1.82, 2.24) is 5.16 Å². The second kappa shape index (κ2) is 6.95. The van der Waals surface area contributed by atoms with Gasteiger partial charge in [-0.05, 0) is 36.4 Å². The second-order valence-electron chi connectivity index (χ2n) is 5.43. The van der Waals surface area contributed by atoms with Gasteiger partial charge in [-0.2, -0.15) is 13.2 Å². The highest BCUT2D eigenvalue weighted by molar-refractivity contribution is 7.92. The van der Waals surface area contributed by atoms with E-state index < -0.39 is 21.8 Å². The number of hydrogen-bond donors (Lipinski definition) is 1. The standard InChI is InChI=1S/C17H13F3N2O4S/c1-25-15-9-11(14-7-8-21-26-14)5-6-16(15)27(23,24)22-13-4-2-3-12(10-13)17(18,19)20/h2-10,22H,1H3. The first-order valence-corrected chi connectivity index (χ1v) is 8.98. The highest BCUT2D eigenvalue weighted by atomic mass is 32.2. The molecule has 142 valence electrons. The quantitative estimate of drug-likeness (QED) is 0.698. The summed E-state index contributed by atoms with van der Waals surface area (Å²) in [5.74, 6) is 0.409. The summed E-state index contributed by atoms with van der Waals surface area (Å²) in [7, 11) is -2.91. The average Bonchev–Trinajstić information content (AvgIpc) is 3.15. The lowest BCUT2D eigenvalue weighted by molar-refractivity contribution is -0.137. The number of sulfonamides is 1. The van der Waals surface area contributed by atoms with E-state index in [1.807, 2.05) is 0 Å². The molecule has 0 unspecified atom stereocenters. The number of hydrogen-bond acceptors (Lipinski definition) is 5. The van der Waals surface area contributed by atoms with E-state index in [1.54, 1.807) is 6.07 Å². The fraction of sp³-hybridized carbons (Fsp3) is 0.118. The van der Waals surface area contributed by atoms with Crippen molar-refractivity contribution < 1.29 is 30.8 Å². The van der Waals surface area contributed by atoms with Gasteiger partial charge in [0.05, 0.1) is 18.9 Å². The molecule has 0 amide bonds. The van der Waals surface area contributed by atoms with E-state index in [0.717, 1.165) is 12.1 Å². The van der Waals surface area contributed by atoms with Gasteiger partial charge in [-0.15, -0.1) is 0 Å². The van der Waals surface area contributed by atoms with Gasteiger partial charge in [-0.25, -0.2) is 8.42 Å². The molecule has 0 aliphatic heterocycles. The predicted octanol–water partition coefficient (Wildman–Crippen LogP) is 4.17. The summed E-state index contributed by atoms with van der Waals surface area (Å²) in [6.45, 7) is 0. The number of nitrogens with zero attached hydrogens (tertiary/aromatic N) is 1. The van der Waals surface area contributed by atoms with Crippen molar-refractivity contribution >= 4 is 15.7 Å². The zero-order valence-corrected chi connectivity index (χ0v) is 14.6. The number of benzene rings is 2. The van der Waals surface area contributed by atoms with Gasteiger partial charge in [0.2, 0.25) is 0 Å². The molecule has 6 nitrogen and oxygen atoms in total. The van der Waals surface area contributed by atoms with Crippen LogP contribution in [0.1, 0.15) is 5.56 Å². The number of halogens is 3. The molecule has 3 aromatic rings. The molecule has 0 saturated carbocycles. The van der Waals surface area contributed by atoms with Crippen LogP contribution in [0.15, 0.2) is 64.1 Å². The lowest BCUT2D eigenvalue weighted by Crippen LogP contribution is -2.15. The van der Waals surface area contributed by atoms with E-state index in [9.17, 15) is 21.6 Å².